The summed E-state index contributed by atoms with van der Waals surface area (Å²) in [6.07, 6.45) is 3.85. The molecule has 2 rings (SSSR count). The fourth-order valence-electron chi connectivity index (χ4n) is 2.50. The highest BCUT2D eigenvalue weighted by Crippen LogP contribution is 2.18. The average molecular weight is 300 g/mol. The van der Waals surface area contributed by atoms with Gasteiger partial charge in [-0.25, -0.2) is 4.68 Å². The van der Waals surface area contributed by atoms with Crippen LogP contribution in [0.15, 0.2) is 41.2 Å². The van der Waals surface area contributed by atoms with Crippen LogP contribution in [0.5, 0.6) is 0 Å². The zero-order valence-corrected chi connectivity index (χ0v) is 13.7. The number of anilines is 1. The third-order valence-corrected chi connectivity index (χ3v) is 3.40. The Balaban J connectivity index is 2.47. The maximum Gasteiger partial charge on any atom is 0.275 e. The van der Waals surface area contributed by atoms with Gasteiger partial charge in [-0.1, -0.05) is 30.4 Å². The lowest BCUT2D eigenvalue weighted by Crippen LogP contribution is -2.31. The number of hydrogen-bond donors (Lipinski definition) is 1. The minimum absolute atomic E-state index is 0.0560. The van der Waals surface area contributed by atoms with Crippen molar-refractivity contribution in [1.29, 1.82) is 0 Å². The maximum atomic E-state index is 12.5. The van der Waals surface area contributed by atoms with E-state index >= 15 is 0 Å². The number of fused-ring (bicyclic) bond motifs is 1. The van der Waals surface area contributed by atoms with Crippen LogP contribution in [0.4, 0.5) is 5.82 Å². The van der Waals surface area contributed by atoms with Gasteiger partial charge in [0.25, 0.3) is 5.56 Å². The maximum absolute atomic E-state index is 12.5. The Morgan fingerprint density at radius 3 is 2.64 bits per heavy atom. The van der Waals surface area contributed by atoms with E-state index in [4.69, 9.17) is 0 Å². The molecule has 0 fully saturated rings. The lowest BCUT2D eigenvalue weighted by molar-refractivity contribution is 0.391. The summed E-state index contributed by atoms with van der Waals surface area (Å²) in [5.41, 5.74) is -0.0560. The molecule has 0 amide bonds. The molecule has 0 saturated heterocycles. The second-order valence-electron chi connectivity index (χ2n) is 5.76. The minimum Gasteiger partial charge on any atom is -0.364 e. The first-order valence-electron chi connectivity index (χ1n) is 7.55. The summed E-state index contributed by atoms with van der Waals surface area (Å²) < 4.78 is 1.51. The van der Waals surface area contributed by atoms with Crippen LogP contribution >= 0.6 is 0 Å². The van der Waals surface area contributed by atoms with Crippen molar-refractivity contribution in [2.24, 2.45) is 0 Å². The van der Waals surface area contributed by atoms with E-state index in [1.165, 1.54) is 4.68 Å². The van der Waals surface area contributed by atoms with Crippen LogP contribution in [0.25, 0.3) is 10.8 Å². The van der Waals surface area contributed by atoms with Gasteiger partial charge in [-0.3, -0.25) is 4.79 Å². The number of rotatable bonds is 6. The summed E-state index contributed by atoms with van der Waals surface area (Å²) in [7, 11) is 4.08. The summed E-state index contributed by atoms with van der Waals surface area (Å²) in [4.78, 5) is 14.6. The molecule has 1 atom stereocenters. The summed E-state index contributed by atoms with van der Waals surface area (Å²) >= 11 is 0. The molecule has 0 bridgehead atoms. The van der Waals surface area contributed by atoms with Gasteiger partial charge in [-0.05, 0) is 34.0 Å². The Labute approximate surface area is 131 Å². The molecule has 1 N–H and O–H groups in total. The van der Waals surface area contributed by atoms with E-state index in [0.717, 1.165) is 17.7 Å². The van der Waals surface area contributed by atoms with E-state index in [9.17, 15) is 4.79 Å². The highest BCUT2D eigenvalue weighted by atomic mass is 16.1. The minimum atomic E-state index is -0.0560. The number of likely N-dealkylation sites (N-methyl/N-ethyl adjacent to an activating group) is 1. The van der Waals surface area contributed by atoms with Crippen molar-refractivity contribution in [2.75, 3.05) is 26.0 Å². The summed E-state index contributed by atoms with van der Waals surface area (Å²) in [5.74, 6) is 0.758. The van der Waals surface area contributed by atoms with E-state index in [1.807, 2.05) is 57.4 Å². The first-order chi connectivity index (χ1) is 10.5. The molecule has 5 heteroatoms. The predicted molar refractivity (Wildman–Crippen MR) is 92.5 cm³/mol. The number of nitrogens with zero attached hydrogens (tertiary/aromatic N) is 3. The van der Waals surface area contributed by atoms with Crippen molar-refractivity contribution < 1.29 is 0 Å². The molecule has 0 saturated carbocycles. The number of nitrogens with one attached hydrogen (secondary N) is 1. The quantitative estimate of drug-likeness (QED) is 0.832. The average Bonchev–Trinajstić information content (AvgIpc) is 2.48. The van der Waals surface area contributed by atoms with Crippen molar-refractivity contribution in [2.45, 2.75) is 26.4 Å². The van der Waals surface area contributed by atoms with Gasteiger partial charge >= 0.3 is 0 Å². The lowest BCUT2D eigenvalue weighted by atomic mass is 10.2. The van der Waals surface area contributed by atoms with Crippen LogP contribution in [-0.2, 0) is 6.54 Å². The third-order valence-electron chi connectivity index (χ3n) is 3.40. The van der Waals surface area contributed by atoms with E-state index in [-0.39, 0.29) is 11.6 Å². The van der Waals surface area contributed by atoms with E-state index in [2.05, 4.69) is 22.2 Å². The molecule has 0 aliphatic carbocycles. The van der Waals surface area contributed by atoms with Gasteiger partial charge in [0.2, 0.25) is 0 Å². The molecular formula is C17H24N4O. The summed E-state index contributed by atoms with van der Waals surface area (Å²) in [5, 5.41) is 9.50. The molecule has 5 nitrogen and oxygen atoms in total. The Morgan fingerprint density at radius 2 is 2.00 bits per heavy atom. The van der Waals surface area contributed by atoms with Crippen LogP contribution in [0.1, 0.15) is 13.8 Å². The smallest absolute Gasteiger partial charge is 0.275 e. The largest absolute Gasteiger partial charge is 0.364 e. The van der Waals surface area contributed by atoms with Crippen LogP contribution < -0.4 is 10.9 Å². The van der Waals surface area contributed by atoms with Gasteiger partial charge in [-0.2, -0.15) is 5.10 Å². The number of aromatic nitrogens is 2. The Hall–Kier alpha value is -2.14. The molecule has 1 unspecified atom stereocenters. The normalized spacial score (nSPS) is 13.1. The van der Waals surface area contributed by atoms with Crippen LogP contribution in [0.2, 0.25) is 0 Å². The predicted octanol–water partition coefficient (Wildman–Crippen LogP) is 2.33. The molecule has 1 heterocycles. The number of benzene rings is 1. The molecule has 2 aromatic rings. The van der Waals surface area contributed by atoms with E-state index < -0.39 is 0 Å². The van der Waals surface area contributed by atoms with Crippen molar-refractivity contribution >= 4 is 16.6 Å². The van der Waals surface area contributed by atoms with Crippen LogP contribution in [0.3, 0.4) is 0 Å². The van der Waals surface area contributed by atoms with Crippen molar-refractivity contribution in [3.05, 3.63) is 46.8 Å². The van der Waals surface area contributed by atoms with Crippen LogP contribution in [-0.4, -0.2) is 41.4 Å². The Bertz CT molecular complexity index is 718. The molecular weight excluding hydrogens is 276 g/mol. The number of allylic oxidation sites excluding steroid dienone is 2. The van der Waals surface area contributed by atoms with Crippen LogP contribution in [0, 0.1) is 0 Å². The third kappa shape index (κ3) is 3.74. The van der Waals surface area contributed by atoms with Gasteiger partial charge in [0, 0.05) is 18.0 Å². The fraction of sp³-hybridized carbons (Fsp3) is 0.412. The summed E-state index contributed by atoms with van der Waals surface area (Å²) in [6, 6.07) is 7.85. The highest BCUT2D eigenvalue weighted by Gasteiger charge is 2.12. The molecule has 0 aliphatic rings. The molecule has 1 aromatic heterocycles. The first kappa shape index (κ1) is 16.2. The Morgan fingerprint density at radius 1 is 1.32 bits per heavy atom. The second kappa shape index (κ2) is 7.22. The highest BCUT2D eigenvalue weighted by molar-refractivity contribution is 5.90. The van der Waals surface area contributed by atoms with Gasteiger partial charge in [0.05, 0.1) is 11.9 Å². The zero-order valence-electron chi connectivity index (χ0n) is 13.7. The van der Waals surface area contributed by atoms with Crippen molar-refractivity contribution in [1.82, 2.24) is 14.7 Å². The lowest BCUT2D eigenvalue weighted by Gasteiger charge is -2.20. The van der Waals surface area contributed by atoms with E-state index in [0.29, 0.717) is 11.9 Å². The molecule has 0 spiro atoms. The van der Waals surface area contributed by atoms with Gasteiger partial charge in [0.1, 0.15) is 0 Å². The topological polar surface area (TPSA) is 50.2 Å². The van der Waals surface area contributed by atoms with Gasteiger partial charge in [0.15, 0.2) is 5.82 Å². The molecule has 1 aromatic carbocycles. The summed E-state index contributed by atoms with van der Waals surface area (Å²) in [6.45, 7) is 5.42. The van der Waals surface area contributed by atoms with Crippen molar-refractivity contribution in [3.63, 3.8) is 0 Å². The fourth-order valence-corrected chi connectivity index (χ4v) is 2.50. The standard InChI is InChI=1S/C17H24N4O/c1-5-6-11-21-17(22)15-10-8-7-9-14(15)16(19-21)18-13(2)12-20(3)4/h5-10,13H,11-12H2,1-4H3,(H,18,19). The SMILES string of the molecule is CC=CCn1nc(NC(C)CN(C)C)c2ccccc2c1=O. The van der Waals surface area contributed by atoms with Gasteiger partial charge < -0.3 is 10.2 Å². The van der Waals surface area contributed by atoms with E-state index in [1.54, 1.807) is 0 Å². The second-order valence-corrected chi connectivity index (χ2v) is 5.76. The zero-order chi connectivity index (χ0) is 16.1. The monoisotopic (exact) mass is 300 g/mol. The molecule has 22 heavy (non-hydrogen) atoms. The first-order valence-corrected chi connectivity index (χ1v) is 7.55. The number of hydrogen-bond acceptors (Lipinski definition) is 4. The Kier molecular flexibility index (Phi) is 5.33. The van der Waals surface area contributed by atoms with Crippen molar-refractivity contribution in [3.8, 4) is 0 Å². The molecule has 0 aliphatic heterocycles. The molecule has 0 radical (unpaired) electrons. The van der Waals surface area contributed by atoms with Gasteiger partial charge in [-0.15, -0.1) is 0 Å². The molecule has 118 valence electrons.